The fourth-order valence-electron chi connectivity index (χ4n) is 2.32. The third kappa shape index (κ3) is 3.15. The Balaban J connectivity index is 2.04. The van der Waals surface area contributed by atoms with Crippen molar-refractivity contribution in [3.8, 4) is 6.07 Å². The Labute approximate surface area is 139 Å². The Hall–Kier alpha value is -2.90. The highest BCUT2D eigenvalue weighted by Crippen LogP contribution is 2.24. The summed E-state index contributed by atoms with van der Waals surface area (Å²) in [6.07, 6.45) is 7.33. The quantitative estimate of drug-likeness (QED) is 0.674. The van der Waals surface area contributed by atoms with Crippen LogP contribution in [0.1, 0.15) is 16.8 Å². The third-order valence-electron chi connectivity index (χ3n) is 3.44. The average molecular weight is 321 g/mol. The van der Waals surface area contributed by atoms with E-state index in [2.05, 4.69) is 21.4 Å². The molecule has 1 aliphatic heterocycles. The Bertz CT molecular complexity index is 874. The highest BCUT2D eigenvalue weighted by molar-refractivity contribution is 6.28. The molecule has 4 nitrogen and oxygen atoms in total. The van der Waals surface area contributed by atoms with Crippen molar-refractivity contribution in [1.29, 1.82) is 5.26 Å². The van der Waals surface area contributed by atoms with Gasteiger partial charge in [-0.05, 0) is 41.8 Å². The second-order valence-electron chi connectivity index (χ2n) is 5.00. The second kappa shape index (κ2) is 6.47. The van der Waals surface area contributed by atoms with Crippen LogP contribution in [-0.4, -0.2) is 9.97 Å². The first-order valence-electron chi connectivity index (χ1n) is 7.03. The molecule has 0 unspecified atom stereocenters. The minimum Gasteiger partial charge on any atom is -0.354 e. The first kappa shape index (κ1) is 15.0. The fraction of sp³-hybridized carbons (Fsp3) is 0.0556. The molecule has 0 amide bonds. The topological polar surface area (TPSA) is 61.6 Å². The van der Waals surface area contributed by atoms with Gasteiger partial charge in [-0.2, -0.15) is 5.26 Å². The summed E-state index contributed by atoms with van der Waals surface area (Å²) in [7, 11) is 0. The van der Waals surface area contributed by atoms with E-state index in [1.807, 2.05) is 55.5 Å². The molecule has 3 rings (SSSR count). The Morgan fingerprint density at radius 2 is 2.04 bits per heavy atom. The fourth-order valence-corrected chi connectivity index (χ4v) is 2.45. The van der Waals surface area contributed by atoms with Crippen molar-refractivity contribution in [2.24, 2.45) is 0 Å². The van der Waals surface area contributed by atoms with Crippen LogP contribution in [0.25, 0.3) is 11.3 Å². The van der Waals surface area contributed by atoms with Gasteiger partial charge in [-0.1, -0.05) is 36.4 Å². The van der Waals surface area contributed by atoms with Crippen LogP contribution in [0.5, 0.6) is 0 Å². The van der Waals surface area contributed by atoms with Gasteiger partial charge in [0.1, 0.15) is 11.6 Å². The molecule has 0 spiro atoms. The van der Waals surface area contributed by atoms with Crippen LogP contribution in [0.4, 0.5) is 0 Å². The Kier molecular flexibility index (Phi) is 4.22. The van der Waals surface area contributed by atoms with Gasteiger partial charge in [0.25, 0.3) is 0 Å². The number of nitriles is 1. The van der Waals surface area contributed by atoms with Gasteiger partial charge < -0.3 is 5.32 Å². The Morgan fingerprint density at radius 1 is 1.26 bits per heavy atom. The zero-order valence-corrected chi connectivity index (χ0v) is 13.2. The van der Waals surface area contributed by atoms with E-state index < -0.39 is 0 Å². The van der Waals surface area contributed by atoms with E-state index in [9.17, 15) is 5.26 Å². The van der Waals surface area contributed by atoms with Gasteiger partial charge in [0.2, 0.25) is 5.28 Å². The van der Waals surface area contributed by atoms with Crippen LogP contribution in [0.2, 0.25) is 5.28 Å². The standard InChI is InChI=1S/C18H13ClN4/c1-12-11-21-18(19)23-17(12)14(10-20)16-9-5-8-15(22-16)13-6-3-2-4-7-13/h2-9,11,22H,1H3/b16-14-. The number of nitrogens with zero attached hydrogens (tertiary/aromatic N) is 3. The maximum absolute atomic E-state index is 9.60. The molecular weight excluding hydrogens is 308 g/mol. The van der Waals surface area contributed by atoms with Crippen molar-refractivity contribution in [3.63, 3.8) is 0 Å². The molecule has 5 heteroatoms. The molecule has 0 radical (unpaired) electrons. The van der Waals surface area contributed by atoms with Crippen molar-refractivity contribution in [3.05, 3.63) is 82.6 Å². The van der Waals surface area contributed by atoms with E-state index in [4.69, 9.17) is 11.6 Å². The van der Waals surface area contributed by atoms with E-state index in [0.717, 1.165) is 16.8 Å². The van der Waals surface area contributed by atoms with Gasteiger partial charge >= 0.3 is 0 Å². The van der Waals surface area contributed by atoms with Gasteiger partial charge in [-0.15, -0.1) is 0 Å². The first-order valence-corrected chi connectivity index (χ1v) is 7.41. The number of halogens is 1. The number of hydrogen-bond acceptors (Lipinski definition) is 4. The number of aromatic nitrogens is 2. The van der Waals surface area contributed by atoms with Crippen molar-refractivity contribution in [1.82, 2.24) is 15.3 Å². The van der Waals surface area contributed by atoms with Crippen LogP contribution in [-0.2, 0) is 0 Å². The van der Waals surface area contributed by atoms with Crippen LogP contribution in [0.15, 0.2) is 60.5 Å². The molecule has 112 valence electrons. The first-order chi connectivity index (χ1) is 11.2. The lowest BCUT2D eigenvalue weighted by atomic mass is 10.0. The molecule has 2 aromatic rings. The number of rotatable bonds is 2. The zero-order chi connectivity index (χ0) is 16.2. The van der Waals surface area contributed by atoms with Crippen molar-refractivity contribution >= 4 is 22.9 Å². The van der Waals surface area contributed by atoms with Crippen molar-refractivity contribution < 1.29 is 0 Å². The van der Waals surface area contributed by atoms with E-state index >= 15 is 0 Å². The second-order valence-corrected chi connectivity index (χ2v) is 5.34. The summed E-state index contributed by atoms with van der Waals surface area (Å²) in [5, 5.41) is 13.0. The predicted molar refractivity (Wildman–Crippen MR) is 91.0 cm³/mol. The average Bonchev–Trinajstić information content (AvgIpc) is 2.60. The summed E-state index contributed by atoms with van der Waals surface area (Å²) in [6, 6.07) is 12.1. The molecule has 1 aromatic heterocycles. The highest BCUT2D eigenvalue weighted by atomic mass is 35.5. The van der Waals surface area contributed by atoms with Crippen LogP contribution >= 0.6 is 11.6 Å². The van der Waals surface area contributed by atoms with Gasteiger partial charge in [-0.25, -0.2) is 9.97 Å². The van der Waals surface area contributed by atoms with Gasteiger partial charge in [0.05, 0.1) is 11.4 Å². The van der Waals surface area contributed by atoms with E-state index in [1.165, 1.54) is 0 Å². The molecule has 1 aromatic carbocycles. The van der Waals surface area contributed by atoms with Crippen LogP contribution in [0.3, 0.4) is 0 Å². The maximum Gasteiger partial charge on any atom is 0.222 e. The largest absolute Gasteiger partial charge is 0.354 e. The molecule has 2 heterocycles. The highest BCUT2D eigenvalue weighted by Gasteiger charge is 2.15. The third-order valence-corrected chi connectivity index (χ3v) is 3.62. The lowest BCUT2D eigenvalue weighted by Gasteiger charge is -2.17. The number of hydrogen-bond donors (Lipinski definition) is 1. The smallest absolute Gasteiger partial charge is 0.222 e. The maximum atomic E-state index is 9.60. The molecule has 0 fully saturated rings. The number of allylic oxidation sites excluding steroid dienone is 4. The van der Waals surface area contributed by atoms with E-state index in [1.54, 1.807) is 6.20 Å². The monoisotopic (exact) mass is 320 g/mol. The van der Waals surface area contributed by atoms with Gasteiger partial charge in [-0.3, -0.25) is 0 Å². The number of dihydropyridines is 1. The summed E-state index contributed by atoms with van der Waals surface area (Å²) in [4.78, 5) is 8.13. The number of nitrogens with one attached hydrogen (secondary N) is 1. The lowest BCUT2D eigenvalue weighted by molar-refractivity contribution is 1.08. The minimum atomic E-state index is 0.123. The predicted octanol–water partition coefficient (Wildman–Crippen LogP) is 3.87. The minimum absolute atomic E-state index is 0.123. The molecule has 0 bridgehead atoms. The summed E-state index contributed by atoms with van der Waals surface area (Å²) in [6.45, 7) is 1.85. The van der Waals surface area contributed by atoms with Gasteiger partial charge in [0.15, 0.2) is 0 Å². The number of aryl methyl sites for hydroxylation is 1. The SMILES string of the molecule is Cc1cnc(Cl)nc1/C(C#N)=C1/C=CC=C(c2ccccc2)N1. The molecule has 1 aliphatic rings. The molecule has 1 N–H and O–H groups in total. The summed E-state index contributed by atoms with van der Waals surface area (Å²) < 4.78 is 0. The normalized spacial score (nSPS) is 15.4. The summed E-state index contributed by atoms with van der Waals surface area (Å²) in [5.74, 6) is 0. The summed E-state index contributed by atoms with van der Waals surface area (Å²) >= 11 is 5.88. The molecule has 0 atom stereocenters. The molecule has 0 saturated carbocycles. The molecule has 0 saturated heterocycles. The van der Waals surface area contributed by atoms with Crippen molar-refractivity contribution in [2.75, 3.05) is 0 Å². The molecule has 0 aliphatic carbocycles. The lowest BCUT2D eigenvalue weighted by Crippen LogP contribution is -2.15. The molecule has 23 heavy (non-hydrogen) atoms. The van der Waals surface area contributed by atoms with Crippen molar-refractivity contribution in [2.45, 2.75) is 6.92 Å². The number of benzene rings is 1. The zero-order valence-electron chi connectivity index (χ0n) is 12.4. The summed E-state index contributed by atoms with van der Waals surface area (Å²) in [5.41, 5.74) is 4.42. The van der Waals surface area contributed by atoms with Crippen LogP contribution in [0, 0.1) is 18.3 Å². The van der Waals surface area contributed by atoms with E-state index in [0.29, 0.717) is 17.0 Å². The molecular formula is C18H13ClN4. The Morgan fingerprint density at radius 3 is 2.78 bits per heavy atom. The van der Waals surface area contributed by atoms with E-state index in [-0.39, 0.29) is 5.28 Å². The van der Waals surface area contributed by atoms with Gasteiger partial charge in [0, 0.05) is 11.9 Å². The van der Waals surface area contributed by atoms with Crippen LogP contribution < -0.4 is 5.32 Å².